The highest BCUT2D eigenvalue weighted by molar-refractivity contribution is 6.92. The highest BCUT2D eigenvalue weighted by atomic mass is 31.0. The van der Waals surface area contributed by atoms with Crippen molar-refractivity contribution in [2.24, 2.45) is 5.73 Å². The van der Waals surface area contributed by atoms with Crippen molar-refractivity contribution >= 4 is 9.90 Å². The smallest absolute Gasteiger partial charge is 0.0106 e. The van der Waals surface area contributed by atoms with E-state index in [2.05, 4.69) is 0 Å². The average Bonchev–Trinajstić information content (AvgIpc) is 0.918. The molecule has 0 amide bonds. The Kier molecular flexibility index (Phi) is 22.1. The van der Waals surface area contributed by atoms with Crippen LogP contribution in [0, 0.1) is 0 Å². The summed E-state index contributed by atoms with van der Waals surface area (Å²) in [5.41, 5.74) is 4.85. The summed E-state index contributed by atoms with van der Waals surface area (Å²) in [7, 11) is 0. The molecular formula is C2H10NP. The molecule has 0 saturated heterocycles. The summed E-state index contributed by atoms with van der Waals surface area (Å²) in [6.07, 6.45) is 0. The topological polar surface area (TPSA) is 26.0 Å². The molecule has 2 heteroatoms. The van der Waals surface area contributed by atoms with Crippen molar-refractivity contribution in [2.75, 3.05) is 6.54 Å². The van der Waals surface area contributed by atoms with Crippen LogP contribution >= 0.6 is 9.90 Å². The Morgan fingerprint density at radius 3 is 1.75 bits per heavy atom. The first-order valence-corrected chi connectivity index (χ1v) is 1.12. The van der Waals surface area contributed by atoms with Gasteiger partial charge in [-0.25, -0.2) is 0 Å². The lowest BCUT2D eigenvalue weighted by Gasteiger charge is -1.53. The third-order valence-corrected chi connectivity index (χ3v) is 0. The zero-order valence-corrected chi connectivity index (χ0v) is 4.41. The molecule has 0 saturated carbocycles. The molecule has 0 bridgehead atoms. The van der Waals surface area contributed by atoms with Gasteiger partial charge in [0.1, 0.15) is 0 Å². The van der Waals surface area contributed by atoms with Gasteiger partial charge in [0.15, 0.2) is 0 Å². The molecule has 1 unspecified atom stereocenters. The van der Waals surface area contributed by atoms with Crippen molar-refractivity contribution in [2.45, 2.75) is 6.92 Å². The van der Waals surface area contributed by atoms with E-state index in [1.54, 1.807) is 0 Å². The predicted octanol–water partition coefficient (Wildman–Crippen LogP) is 0.0231. The minimum Gasteiger partial charge on any atom is -0.331 e. The Labute approximate surface area is 30.2 Å². The van der Waals surface area contributed by atoms with Gasteiger partial charge in [0, 0.05) is 0 Å². The molecule has 0 aromatic carbocycles. The van der Waals surface area contributed by atoms with Crippen molar-refractivity contribution in [3.05, 3.63) is 0 Å². The fraction of sp³-hybridized carbons (Fsp3) is 1.00. The van der Waals surface area contributed by atoms with Crippen molar-refractivity contribution in [3.8, 4) is 0 Å². The number of hydrogen-bond acceptors (Lipinski definition) is 1. The fourth-order valence-electron chi connectivity index (χ4n) is 0. The van der Waals surface area contributed by atoms with Gasteiger partial charge < -0.3 is 5.73 Å². The highest BCUT2D eigenvalue weighted by Gasteiger charge is 1.32. The van der Waals surface area contributed by atoms with Crippen LogP contribution in [-0.4, -0.2) is 6.54 Å². The maximum Gasteiger partial charge on any atom is -0.0106 e. The third kappa shape index (κ3) is 30.4. The number of rotatable bonds is 0. The van der Waals surface area contributed by atoms with E-state index in [9.17, 15) is 0 Å². The number of nitrogens with two attached hydrogens (primary N) is 1. The van der Waals surface area contributed by atoms with Gasteiger partial charge in [-0.3, -0.25) is 0 Å². The van der Waals surface area contributed by atoms with Gasteiger partial charge in [0.2, 0.25) is 0 Å². The van der Waals surface area contributed by atoms with Gasteiger partial charge in [0.25, 0.3) is 0 Å². The standard InChI is InChI=1S/C2H7N.H3P/c1-2-3;/h2-3H2,1H3;1H3. The Bertz CT molecular complexity index is 6.00. The van der Waals surface area contributed by atoms with E-state index >= 15 is 0 Å². The van der Waals surface area contributed by atoms with E-state index in [1.807, 2.05) is 6.92 Å². The zero-order valence-electron chi connectivity index (χ0n) is 2.99. The van der Waals surface area contributed by atoms with Gasteiger partial charge >= 0.3 is 0 Å². The molecule has 1 nitrogen and oxygen atoms in total. The molecule has 0 fully saturated rings. The third-order valence-electron chi connectivity index (χ3n) is 0. The average molecular weight is 79.1 g/mol. The quantitative estimate of drug-likeness (QED) is 0.407. The maximum atomic E-state index is 4.85. The molecule has 0 radical (unpaired) electrons. The molecule has 0 rings (SSSR count). The van der Waals surface area contributed by atoms with Crippen LogP contribution in [-0.2, 0) is 0 Å². The molecule has 0 aromatic heterocycles. The Morgan fingerprint density at radius 2 is 1.75 bits per heavy atom. The van der Waals surface area contributed by atoms with Crippen molar-refractivity contribution in [3.63, 3.8) is 0 Å². The first-order chi connectivity index (χ1) is 1.41. The molecule has 28 valence electrons. The summed E-state index contributed by atoms with van der Waals surface area (Å²) < 4.78 is 0. The first kappa shape index (κ1) is 8.83. The molecule has 0 aliphatic rings. The lowest BCUT2D eigenvalue weighted by Crippen LogP contribution is -1.87. The van der Waals surface area contributed by atoms with Crippen molar-refractivity contribution < 1.29 is 0 Å². The second kappa shape index (κ2) is 10.0. The molecule has 0 aromatic rings. The minimum atomic E-state index is 0. The van der Waals surface area contributed by atoms with E-state index in [4.69, 9.17) is 5.73 Å². The summed E-state index contributed by atoms with van der Waals surface area (Å²) in [4.78, 5) is 0. The number of hydrogen-bond donors (Lipinski definition) is 1. The normalized spacial score (nSPS) is 4.50. The van der Waals surface area contributed by atoms with Crippen LogP contribution in [0.3, 0.4) is 0 Å². The molecule has 2 N–H and O–H groups in total. The van der Waals surface area contributed by atoms with Crippen LogP contribution in [0.25, 0.3) is 0 Å². The fourth-order valence-corrected chi connectivity index (χ4v) is 0. The molecular weight excluding hydrogens is 69.0 g/mol. The zero-order chi connectivity index (χ0) is 2.71. The van der Waals surface area contributed by atoms with Crippen LogP contribution in [0.15, 0.2) is 0 Å². The molecule has 1 atom stereocenters. The van der Waals surface area contributed by atoms with Crippen LogP contribution in [0.2, 0.25) is 0 Å². The van der Waals surface area contributed by atoms with Crippen LogP contribution in [0.4, 0.5) is 0 Å². The van der Waals surface area contributed by atoms with E-state index < -0.39 is 0 Å². The first-order valence-electron chi connectivity index (χ1n) is 1.12. The van der Waals surface area contributed by atoms with Gasteiger partial charge in [-0.15, -0.1) is 0 Å². The largest absolute Gasteiger partial charge is 0.331 e. The van der Waals surface area contributed by atoms with Gasteiger partial charge in [-0.1, -0.05) is 6.92 Å². The van der Waals surface area contributed by atoms with Crippen LogP contribution < -0.4 is 5.73 Å². The Balaban J connectivity index is 0. The molecule has 4 heavy (non-hydrogen) atoms. The Morgan fingerprint density at radius 1 is 1.75 bits per heavy atom. The van der Waals surface area contributed by atoms with Crippen LogP contribution in [0.1, 0.15) is 6.92 Å². The summed E-state index contributed by atoms with van der Waals surface area (Å²) >= 11 is 0. The lowest BCUT2D eigenvalue weighted by molar-refractivity contribution is 1.14. The summed E-state index contributed by atoms with van der Waals surface area (Å²) in [5.74, 6) is 0. The van der Waals surface area contributed by atoms with Gasteiger partial charge in [0.05, 0.1) is 0 Å². The summed E-state index contributed by atoms with van der Waals surface area (Å²) in [6.45, 7) is 2.65. The summed E-state index contributed by atoms with van der Waals surface area (Å²) in [5, 5.41) is 0. The predicted molar refractivity (Wildman–Crippen MR) is 25.8 cm³/mol. The summed E-state index contributed by atoms with van der Waals surface area (Å²) in [6, 6.07) is 0. The second-order valence-electron chi connectivity index (χ2n) is 0.408. The van der Waals surface area contributed by atoms with Crippen molar-refractivity contribution in [1.29, 1.82) is 0 Å². The lowest BCUT2D eigenvalue weighted by atomic mass is 10.8. The second-order valence-corrected chi connectivity index (χ2v) is 0.408. The maximum absolute atomic E-state index is 4.85. The van der Waals surface area contributed by atoms with E-state index in [-0.39, 0.29) is 9.90 Å². The van der Waals surface area contributed by atoms with Crippen LogP contribution in [0.5, 0.6) is 0 Å². The molecule has 0 heterocycles. The van der Waals surface area contributed by atoms with E-state index in [1.165, 1.54) is 0 Å². The SMILES string of the molecule is CCN.P. The molecule has 0 aliphatic carbocycles. The van der Waals surface area contributed by atoms with Crippen molar-refractivity contribution in [1.82, 2.24) is 0 Å². The van der Waals surface area contributed by atoms with Gasteiger partial charge in [-0.2, -0.15) is 9.90 Å². The van der Waals surface area contributed by atoms with E-state index in [0.717, 1.165) is 6.54 Å². The highest BCUT2D eigenvalue weighted by Crippen LogP contribution is 1.20. The van der Waals surface area contributed by atoms with Gasteiger partial charge in [-0.05, 0) is 6.54 Å². The Hall–Kier alpha value is 0.390. The molecule has 0 aliphatic heterocycles. The monoisotopic (exact) mass is 79.1 g/mol. The minimum absolute atomic E-state index is 0. The van der Waals surface area contributed by atoms with E-state index in [0.29, 0.717) is 0 Å². The molecule has 0 spiro atoms.